The smallest absolute Gasteiger partial charge is 0.293 e. The number of carbonyl (C=O) groups is 2. The number of carbonyl (C=O) groups excluding carboxylic acids is 2. The molecule has 0 unspecified atom stereocenters. The normalized spacial score (nSPS) is 10.6. The molecule has 2 rings (SSSR count). The van der Waals surface area contributed by atoms with Crippen LogP contribution in [0.15, 0.2) is 18.2 Å². The molecule has 0 radical (unpaired) electrons. The van der Waals surface area contributed by atoms with E-state index >= 15 is 0 Å². The van der Waals surface area contributed by atoms with Crippen molar-refractivity contribution in [2.24, 2.45) is 0 Å². The lowest BCUT2D eigenvalue weighted by atomic mass is 10.1. The number of H-pyrrole nitrogens is 1. The largest absolute Gasteiger partial charge is 0.497 e. The average molecular weight is 266 g/mol. The van der Waals surface area contributed by atoms with E-state index in [0.717, 1.165) is 5.52 Å². The van der Waals surface area contributed by atoms with Crippen LogP contribution < -0.4 is 4.74 Å². The summed E-state index contributed by atoms with van der Waals surface area (Å²) in [7, 11) is 1.54. The topological polar surface area (TPSA) is 59.2 Å². The molecule has 1 aromatic carbocycles. The highest BCUT2D eigenvalue weighted by atomic mass is 35.5. The van der Waals surface area contributed by atoms with Gasteiger partial charge in [-0.1, -0.05) is 6.92 Å². The molecule has 18 heavy (non-hydrogen) atoms. The van der Waals surface area contributed by atoms with Crippen LogP contribution in [0, 0.1) is 0 Å². The summed E-state index contributed by atoms with van der Waals surface area (Å²) in [5, 5.41) is -0.321. The van der Waals surface area contributed by atoms with Gasteiger partial charge >= 0.3 is 0 Å². The number of benzene rings is 1. The Balaban J connectivity index is 2.74. The first-order chi connectivity index (χ1) is 8.58. The highest BCUT2D eigenvalue weighted by Crippen LogP contribution is 2.27. The second kappa shape index (κ2) is 4.82. The highest BCUT2D eigenvalue weighted by Gasteiger charge is 2.22. The minimum atomic E-state index is -0.978. The van der Waals surface area contributed by atoms with Gasteiger partial charge < -0.3 is 9.72 Å². The predicted molar refractivity (Wildman–Crippen MR) is 69.4 cm³/mol. The summed E-state index contributed by atoms with van der Waals surface area (Å²) in [4.78, 5) is 26.0. The maximum atomic E-state index is 11.9. The number of methoxy groups -OCH3 is 1. The summed E-state index contributed by atoms with van der Waals surface area (Å²) < 4.78 is 5.12. The van der Waals surface area contributed by atoms with Gasteiger partial charge in [0.15, 0.2) is 0 Å². The number of halogens is 1. The molecule has 5 heteroatoms. The first-order valence-corrected chi connectivity index (χ1v) is 5.89. The lowest BCUT2D eigenvalue weighted by molar-refractivity contribution is -0.108. The maximum Gasteiger partial charge on any atom is 0.293 e. The van der Waals surface area contributed by atoms with Crippen molar-refractivity contribution in [3.05, 3.63) is 29.5 Å². The number of ketones is 1. The lowest BCUT2D eigenvalue weighted by Gasteiger charge is -2.00. The van der Waals surface area contributed by atoms with Crippen molar-refractivity contribution >= 4 is 33.5 Å². The van der Waals surface area contributed by atoms with E-state index in [0.29, 0.717) is 28.8 Å². The Morgan fingerprint density at radius 1 is 1.39 bits per heavy atom. The number of fused-ring (bicyclic) bond motifs is 1. The Labute approximate surface area is 109 Å². The molecule has 1 aromatic heterocycles. The first kappa shape index (κ1) is 12.6. The van der Waals surface area contributed by atoms with Gasteiger partial charge in [0.2, 0.25) is 5.78 Å². The molecule has 0 bridgehead atoms. The number of rotatable bonds is 4. The van der Waals surface area contributed by atoms with E-state index in [1.165, 1.54) is 0 Å². The monoisotopic (exact) mass is 265 g/mol. The van der Waals surface area contributed by atoms with Crippen molar-refractivity contribution < 1.29 is 14.3 Å². The van der Waals surface area contributed by atoms with Crippen molar-refractivity contribution in [3.8, 4) is 5.75 Å². The molecule has 0 spiro atoms. The van der Waals surface area contributed by atoms with Crippen LogP contribution in [0.2, 0.25) is 0 Å². The Morgan fingerprint density at radius 3 is 2.67 bits per heavy atom. The zero-order valence-corrected chi connectivity index (χ0v) is 10.8. The molecule has 0 amide bonds. The van der Waals surface area contributed by atoms with E-state index in [4.69, 9.17) is 16.3 Å². The number of aromatic nitrogens is 1. The van der Waals surface area contributed by atoms with Crippen molar-refractivity contribution in [1.29, 1.82) is 0 Å². The molecule has 0 saturated heterocycles. The number of aromatic amines is 1. The Bertz CT molecular complexity index is 630. The molecule has 0 saturated carbocycles. The molecular weight excluding hydrogens is 254 g/mol. The lowest BCUT2D eigenvalue weighted by Crippen LogP contribution is -2.09. The van der Waals surface area contributed by atoms with Crippen LogP contribution in [0.1, 0.15) is 23.0 Å². The molecule has 1 heterocycles. The molecule has 0 fully saturated rings. The second-order valence-corrected chi connectivity index (χ2v) is 4.19. The molecule has 4 nitrogen and oxygen atoms in total. The van der Waals surface area contributed by atoms with Gasteiger partial charge in [0.25, 0.3) is 5.24 Å². The van der Waals surface area contributed by atoms with Crippen LogP contribution in [0.5, 0.6) is 5.75 Å². The molecular formula is C13H12ClNO3. The molecule has 0 aliphatic rings. The van der Waals surface area contributed by atoms with Crippen LogP contribution in [0.3, 0.4) is 0 Å². The van der Waals surface area contributed by atoms with Crippen LogP contribution in [0.25, 0.3) is 10.9 Å². The van der Waals surface area contributed by atoms with Crippen molar-refractivity contribution in [2.75, 3.05) is 7.11 Å². The summed E-state index contributed by atoms with van der Waals surface area (Å²) in [6.07, 6.45) is 0.613. The zero-order chi connectivity index (χ0) is 13.3. The fraction of sp³-hybridized carbons (Fsp3) is 0.231. The highest BCUT2D eigenvalue weighted by molar-refractivity contribution is 6.83. The minimum Gasteiger partial charge on any atom is -0.497 e. The van der Waals surface area contributed by atoms with Gasteiger partial charge in [-0.2, -0.15) is 0 Å². The number of Topliss-reactive ketones (excluding diaryl/α,β-unsaturated/α-hetero) is 1. The van der Waals surface area contributed by atoms with Gasteiger partial charge in [-0.25, -0.2) is 0 Å². The Morgan fingerprint density at radius 2 is 2.11 bits per heavy atom. The standard InChI is InChI=1S/C13H12ClNO3/c1-3-9-11(12(16)13(14)17)8-6-7(18-2)4-5-10(8)15-9/h4-6,15H,3H2,1-2H3. The maximum absolute atomic E-state index is 11.9. The number of nitrogens with one attached hydrogen (secondary N) is 1. The summed E-state index contributed by atoms with van der Waals surface area (Å²) in [5.41, 5.74) is 1.83. The third-order valence-corrected chi connectivity index (χ3v) is 3.01. The van der Waals surface area contributed by atoms with Gasteiger partial charge in [-0.15, -0.1) is 0 Å². The number of hydrogen-bond donors (Lipinski definition) is 1. The summed E-state index contributed by atoms with van der Waals surface area (Å²) >= 11 is 5.29. The van der Waals surface area contributed by atoms with Crippen molar-refractivity contribution in [2.45, 2.75) is 13.3 Å². The van der Waals surface area contributed by atoms with Crippen LogP contribution in [-0.2, 0) is 11.2 Å². The number of hydrogen-bond acceptors (Lipinski definition) is 3. The fourth-order valence-corrected chi connectivity index (χ4v) is 2.07. The first-order valence-electron chi connectivity index (χ1n) is 5.51. The Kier molecular flexibility index (Phi) is 3.39. The van der Waals surface area contributed by atoms with Crippen molar-refractivity contribution in [1.82, 2.24) is 4.98 Å². The number of ether oxygens (including phenoxy) is 1. The van der Waals surface area contributed by atoms with E-state index in [1.807, 2.05) is 13.0 Å². The number of aryl methyl sites for hydroxylation is 1. The molecule has 0 aliphatic carbocycles. The molecule has 0 aliphatic heterocycles. The van der Waals surface area contributed by atoms with Gasteiger partial charge in [0, 0.05) is 16.6 Å². The van der Waals surface area contributed by atoms with Gasteiger partial charge in [0.1, 0.15) is 5.75 Å². The van der Waals surface area contributed by atoms with E-state index in [9.17, 15) is 9.59 Å². The van der Waals surface area contributed by atoms with Gasteiger partial charge in [-0.05, 0) is 36.2 Å². The summed E-state index contributed by atoms with van der Waals surface area (Å²) in [5.74, 6) is -0.0618. The van der Waals surface area contributed by atoms with E-state index < -0.39 is 11.0 Å². The van der Waals surface area contributed by atoms with Crippen molar-refractivity contribution in [3.63, 3.8) is 0 Å². The second-order valence-electron chi connectivity index (χ2n) is 3.85. The minimum absolute atomic E-state index is 0.339. The molecule has 0 atom stereocenters. The quantitative estimate of drug-likeness (QED) is 0.525. The van der Waals surface area contributed by atoms with Gasteiger partial charge in [-0.3, -0.25) is 9.59 Å². The third kappa shape index (κ3) is 1.99. The van der Waals surface area contributed by atoms with Crippen LogP contribution >= 0.6 is 11.6 Å². The third-order valence-electron chi connectivity index (χ3n) is 2.84. The summed E-state index contributed by atoms with van der Waals surface area (Å²) in [6, 6.07) is 5.32. The van der Waals surface area contributed by atoms with E-state index in [1.54, 1.807) is 19.2 Å². The summed E-state index contributed by atoms with van der Waals surface area (Å²) in [6.45, 7) is 1.90. The fourth-order valence-electron chi connectivity index (χ4n) is 1.98. The SMILES string of the molecule is CCc1[nH]c2ccc(OC)cc2c1C(=O)C(=O)Cl. The average Bonchev–Trinajstić information content (AvgIpc) is 2.74. The predicted octanol–water partition coefficient (Wildman–Crippen LogP) is 2.69. The van der Waals surface area contributed by atoms with Crippen LogP contribution in [0.4, 0.5) is 0 Å². The Hall–Kier alpha value is -1.81. The molecule has 94 valence electrons. The van der Waals surface area contributed by atoms with E-state index in [-0.39, 0.29) is 0 Å². The molecule has 2 aromatic rings. The van der Waals surface area contributed by atoms with Gasteiger partial charge in [0.05, 0.1) is 12.7 Å². The van der Waals surface area contributed by atoms with E-state index in [2.05, 4.69) is 4.98 Å². The zero-order valence-electron chi connectivity index (χ0n) is 10.0. The molecule has 1 N–H and O–H groups in total. The van der Waals surface area contributed by atoms with Crippen LogP contribution in [-0.4, -0.2) is 23.1 Å².